The van der Waals surface area contributed by atoms with Crippen LogP contribution in [0.5, 0.6) is 0 Å². The van der Waals surface area contributed by atoms with Crippen LogP contribution in [0.1, 0.15) is 58.8 Å². The van der Waals surface area contributed by atoms with Crippen molar-refractivity contribution in [1.82, 2.24) is 15.1 Å². The monoisotopic (exact) mass is 257 g/mol. The van der Waals surface area contributed by atoms with E-state index in [1.54, 1.807) is 6.20 Å². The first-order valence-corrected chi connectivity index (χ1v) is 6.86. The molecule has 0 aliphatic carbocycles. The Bertz CT molecular complexity index is 346. The topological polar surface area (TPSA) is 29.9 Å². The van der Waals surface area contributed by atoms with Crippen LogP contribution in [-0.2, 0) is 0 Å². The molecule has 0 aromatic carbocycles. The maximum absolute atomic E-state index is 6.30. The van der Waals surface area contributed by atoms with Gasteiger partial charge in [-0.15, -0.1) is 0 Å². The summed E-state index contributed by atoms with van der Waals surface area (Å²) in [4.78, 5) is 0. The zero-order valence-corrected chi connectivity index (χ0v) is 12.3. The first-order chi connectivity index (χ1) is 8.02. The molecule has 4 heteroatoms. The van der Waals surface area contributed by atoms with Gasteiger partial charge in [-0.2, -0.15) is 5.10 Å². The molecule has 0 amide bonds. The Morgan fingerprint density at radius 1 is 1.35 bits per heavy atom. The van der Waals surface area contributed by atoms with Gasteiger partial charge in [0.05, 0.1) is 23.0 Å². The number of nitrogens with zero attached hydrogens (tertiary/aromatic N) is 2. The molecule has 1 aromatic rings. The number of hydrogen-bond acceptors (Lipinski definition) is 2. The smallest absolute Gasteiger partial charge is 0.0834 e. The van der Waals surface area contributed by atoms with Gasteiger partial charge in [-0.05, 0) is 26.3 Å². The molecule has 2 unspecified atom stereocenters. The van der Waals surface area contributed by atoms with Crippen molar-refractivity contribution >= 4 is 11.6 Å². The molecular formula is C13H24ClN3. The van der Waals surface area contributed by atoms with Crippen molar-refractivity contribution in [3.8, 4) is 0 Å². The molecule has 1 rings (SSSR count). The molecule has 98 valence electrons. The van der Waals surface area contributed by atoms with E-state index in [0.29, 0.717) is 12.0 Å². The molecule has 0 fully saturated rings. The molecule has 0 aliphatic rings. The predicted molar refractivity (Wildman–Crippen MR) is 73.5 cm³/mol. The lowest BCUT2D eigenvalue weighted by Crippen LogP contribution is -2.29. The van der Waals surface area contributed by atoms with Crippen LogP contribution in [0.25, 0.3) is 0 Å². The fraction of sp³-hybridized carbons (Fsp3) is 0.769. The zero-order valence-electron chi connectivity index (χ0n) is 11.5. The van der Waals surface area contributed by atoms with E-state index in [1.165, 1.54) is 0 Å². The van der Waals surface area contributed by atoms with Gasteiger partial charge in [-0.25, -0.2) is 0 Å². The molecule has 0 saturated carbocycles. The summed E-state index contributed by atoms with van der Waals surface area (Å²) in [6, 6.07) is 0.616. The summed E-state index contributed by atoms with van der Waals surface area (Å²) >= 11 is 6.30. The van der Waals surface area contributed by atoms with Gasteiger partial charge in [0, 0.05) is 6.04 Å². The molecule has 1 N–H and O–H groups in total. The minimum absolute atomic E-state index is 0.280. The van der Waals surface area contributed by atoms with Crippen molar-refractivity contribution in [2.45, 2.75) is 53.1 Å². The van der Waals surface area contributed by atoms with Gasteiger partial charge in [-0.1, -0.05) is 38.8 Å². The minimum atomic E-state index is 0.280. The van der Waals surface area contributed by atoms with E-state index in [2.05, 4.69) is 45.0 Å². The summed E-state index contributed by atoms with van der Waals surface area (Å²) in [6.45, 7) is 11.8. The van der Waals surface area contributed by atoms with Crippen LogP contribution in [0.3, 0.4) is 0 Å². The summed E-state index contributed by atoms with van der Waals surface area (Å²) in [7, 11) is 0. The van der Waals surface area contributed by atoms with E-state index in [0.717, 1.165) is 23.7 Å². The third-order valence-electron chi connectivity index (χ3n) is 3.21. The fourth-order valence-corrected chi connectivity index (χ4v) is 2.32. The highest BCUT2D eigenvalue weighted by atomic mass is 35.5. The first kappa shape index (κ1) is 14.5. The second-order valence-corrected chi connectivity index (χ2v) is 5.24. The third-order valence-corrected chi connectivity index (χ3v) is 3.50. The number of aromatic nitrogens is 2. The van der Waals surface area contributed by atoms with Gasteiger partial charge in [0.1, 0.15) is 0 Å². The van der Waals surface area contributed by atoms with Crippen LogP contribution in [0.4, 0.5) is 0 Å². The van der Waals surface area contributed by atoms with Crippen LogP contribution in [0.2, 0.25) is 5.02 Å². The molecule has 0 saturated heterocycles. The lowest BCUT2D eigenvalue weighted by molar-refractivity contribution is 0.350. The SMILES string of the molecule is CCNC(c1c(Cl)cnn1C(C)C)C(C)CC. The summed E-state index contributed by atoms with van der Waals surface area (Å²) in [5.41, 5.74) is 1.12. The Kier molecular flexibility index (Phi) is 5.47. The average Bonchev–Trinajstić information content (AvgIpc) is 2.67. The van der Waals surface area contributed by atoms with Crippen LogP contribution in [-0.4, -0.2) is 16.3 Å². The Morgan fingerprint density at radius 2 is 2.00 bits per heavy atom. The van der Waals surface area contributed by atoms with E-state index in [9.17, 15) is 0 Å². The number of rotatable bonds is 6. The second-order valence-electron chi connectivity index (χ2n) is 4.84. The normalized spacial score (nSPS) is 15.2. The minimum Gasteiger partial charge on any atom is -0.309 e. The van der Waals surface area contributed by atoms with E-state index in [-0.39, 0.29) is 6.04 Å². The Balaban J connectivity index is 3.12. The predicted octanol–water partition coefficient (Wildman–Crippen LogP) is 3.81. The van der Waals surface area contributed by atoms with Crippen molar-refractivity contribution < 1.29 is 0 Å². The molecule has 0 aliphatic heterocycles. The van der Waals surface area contributed by atoms with E-state index in [4.69, 9.17) is 11.6 Å². The maximum Gasteiger partial charge on any atom is 0.0834 e. The third kappa shape index (κ3) is 3.23. The molecule has 0 bridgehead atoms. The molecule has 1 aromatic heterocycles. The van der Waals surface area contributed by atoms with Gasteiger partial charge in [0.15, 0.2) is 0 Å². The molecule has 3 nitrogen and oxygen atoms in total. The van der Waals surface area contributed by atoms with Crippen molar-refractivity contribution in [2.24, 2.45) is 5.92 Å². The van der Waals surface area contributed by atoms with Gasteiger partial charge in [0.2, 0.25) is 0 Å². The fourth-order valence-electron chi connectivity index (χ4n) is 2.08. The zero-order chi connectivity index (χ0) is 13.0. The molecule has 2 atom stereocenters. The number of nitrogens with one attached hydrogen (secondary N) is 1. The van der Waals surface area contributed by atoms with Gasteiger partial charge in [0.25, 0.3) is 0 Å². The average molecular weight is 258 g/mol. The van der Waals surface area contributed by atoms with Crippen molar-refractivity contribution in [3.63, 3.8) is 0 Å². The van der Waals surface area contributed by atoms with Crippen LogP contribution in [0.15, 0.2) is 6.20 Å². The van der Waals surface area contributed by atoms with Gasteiger partial charge < -0.3 is 5.32 Å². The van der Waals surface area contributed by atoms with E-state index >= 15 is 0 Å². The van der Waals surface area contributed by atoms with Crippen molar-refractivity contribution in [1.29, 1.82) is 0 Å². The Hall–Kier alpha value is -0.540. The quantitative estimate of drug-likeness (QED) is 0.840. The second kappa shape index (κ2) is 6.41. The van der Waals surface area contributed by atoms with E-state index in [1.807, 2.05) is 4.68 Å². The summed E-state index contributed by atoms with van der Waals surface area (Å²) in [6.07, 6.45) is 2.88. The van der Waals surface area contributed by atoms with Gasteiger partial charge in [-0.3, -0.25) is 4.68 Å². The number of hydrogen-bond donors (Lipinski definition) is 1. The Labute approximate surface area is 110 Å². The first-order valence-electron chi connectivity index (χ1n) is 6.49. The maximum atomic E-state index is 6.30. The summed E-state index contributed by atoms with van der Waals surface area (Å²) in [5, 5.41) is 8.67. The Morgan fingerprint density at radius 3 is 2.47 bits per heavy atom. The van der Waals surface area contributed by atoms with Crippen LogP contribution >= 0.6 is 11.6 Å². The number of halogens is 1. The van der Waals surface area contributed by atoms with Crippen LogP contribution in [0, 0.1) is 5.92 Å². The van der Waals surface area contributed by atoms with Crippen molar-refractivity contribution in [2.75, 3.05) is 6.54 Å². The summed E-state index contributed by atoms with van der Waals surface area (Å²) in [5.74, 6) is 0.543. The molecular weight excluding hydrogens is 234 g/mol. The van der Waals surface area contributed by atoms with Crippen LogP contribution < -0.4 is 5.32 Å². The lowest BCUT2D eigenvalue weighted by atomic mass is 9.96. The highest BCUT2D eigenvalue weighted by Crippen LogP contribution is 2.31. The molecule has 0 spiro atoms. The van der Waals surface area contributed by atoms with Gasteiger partial charge >= 0.3 is 0 Å². The highest BCUT2D eigenvalue weighted by Gasteiger charge is 2.24. The van der Waals surface area contributed by atoms with E-state index < -0.39 is 0 Å². The largest absolute Gasteiger partial charge is 0.309 e. The lowest BCUT2D eigenvalue weighted by Gasteiger charge is -2.26. The molecule has 17 heavy (non-hydrogen) atoms. The standard InChI is InChI=1S/C13H24ClN3/c1-6-10(5)12(15-7-2)13-11(14)8-16-17(13)9(3)4/h8-10,12,15H,6-7H2,1-5H3. The molecule has 1 heterocycles. The molecule has 0 radical (unpaired) electrons. The van der Waals surface area contributed by atoms with Crippen molar-refractivity contribution in [3.05, 3.63) is 16.9 Å². The summed E-state index contributed by atoms with van der Waals surface area (Å²) < 4.78 is 2.03. The highest BCUT2D eigenvalue weighted by molar-refractivity contribution is 6.31.